The molecule has 184 valence electrons. The molecule has 0 aliphatic carbocycles. The van der Waals surface area contributed by atoms with E-state index in [0.717, 1.165) is 18.4 Å². The van der Waals surface area contributed by atoms with E-state index in [-0.39, 0.29) is 12.0 Å². The zero-order valence-electron chi connectivity index (χ0n) is 19.7. The van der Waals surface area contributed by atoms with Gasteiger partial charge in [0.1, 0.15) is 24.5 Å². The summed E-state index contributed by atoms with van der Waals surface area (Å²) < 4.78 is 28.9. The van der Waals surface area contributed by atoms with Crippen LogP contribution in [0.3, 0.4) is 0 Å². The first-order valence-electron chi connectivity index (χ1n) is 11.7. The maximum absolute atomic E-state index is 12.7. The molecule has 2 bridgehead atoms. The second kappa shape index (κ2) is 10.7. The van der Waals surface area contributed by atoms with Gasteiger partial charge in [0, 0.05) is 5.41 Å². The maximum atomic E-state index is 12.7. The van der Waals surface area contributed by atoms with Gasteiger partial charge >= 0.3 is 12.1 Å². The molecule has 3 saturated heterocycles. The lowest BCUT2D eigenvalue weighted by atomic mass is 9.90. The number of hydrogen-bond donors (Lipinski definition) is 2. The van der Waals surface area contributed by atoms with Gasteiger partial charge in [0.25, 0.3) is 0 Å². The van der Waals surface area contributed by atoms with E-state index in [1.807, 2.05) is 37.3 Å². The fourth-order valence-corrected chi connectivity index (χ4v) is 3.88. The fraction of sp³-hybridized carbons (Fsp3) is 0.500. The topological polar surface area (TPSA) is 95.5 Å². The molecule has 0 unspecified atom stereocenters. The van der Waals surface area contributed by atoms with Crippen LogP contribution in [-0.2, 0) is 25.6 Å². The van der Waals surface area contributed by atoms with Crippen molar-refractivity contribution in [2.24, 2.45) is 5.41 Å². The number of unbranched alkanes of at least 4 members (excludes halogenated alkanes) is 1. The average molecular weight is 472 g/mol. The zero-order valence-corrected chi connectivity index (χ0v) is 19.7. The molecule has 8 nitrogen and oxygen atoms in total. The van der Waals surface area contributed by atoms with E-state index in [2.05, 4.69) is 12.2 Å². The molecule has 2 aromatic carbocycles. The number of aliphatic hydroxyl groups excluding tert-OH is 1. The van der Waals surface area contributed by atoms with Gasteiger partial charge in [0.05, 0.1) is 26.4 Å². The summed E-state index contributed by atoms with van der Waals surface area (Å²) in [7, 11) is 0. The maximum Gasteiger partial charge on any atom is 0.408 e. The molecule has 2 atom stereocenters. The molecular formula is C26H33NO7. The molecular weight excluding hydrogens is 438 g/mol. The van der Waals surface area contributed by atoms with Gasteiger partial charge in [0.15, 0.2) is 0 Å². The number of benzene rings is 2. The Morgan fingerprint density at radius 3 is 2.32 bits per heavy atom. The van der Waals surface area contributed by atoms with Crippen molar-refractivity contribution in [2.75, 3.05) is 26.4 Å². The van der Waals surface area contributed by atoms with Gasteiger partial charge in [-0.05, 0) is 29.7 Å². The Labute approximate surface area is 200 Å². The number of fused-ring (bicyclic) bond motifs is 3. The summed E-state index contributed by atoms with van der Waals surface area (Å²) >= 11 is 0. The third-order valence-electron chi connectivity index (χ3n) is 6.04. The van der Waals surface area contributed by atoms with E-state index in [1.54, 1.807) is 24.3 Å². The molecule has 8 heteroatoms. The highest BCUT2D eigenvalue weighted by molar-refractivity contribution is 5.68. The third-order valence-corrected chi connectivity index (χ3v) is 6.04. The first kappa shape index (κ1) is 24.5. The number of amides is 1. The van der Waals surface area contributed by atoms with Gasteiger partial charge in [-0.1, -0.05) is 62.7 Å². The molecule has 0 saturated carbocycles. The molecule has 3 aliphatic heterocycles. The predicted molar refractivity (Wildman–Crippen MR) is 124 cm³/mol. The van der Waals surface area contributed by atoms with Crippen molar-refractivity contribution < 1.29 is 33.6 Å². The predicted octanol–water partition coefficient (Wildman–Crippen LogP) is 3.93. The summed E-state index contributed by atoms with van der Waals surface area (Å²) in [6.07, 6.45) is 0.119. The van der Waals surface area contributed by atoms with Crippen LogP contribution in [0.15, 0.2) is 54.6 Å². The van der Waals surface area contributed by atoms with E-state index >= 15 is 0 Å². The SMILES string of the molecule is CCCCOc1ccc([C@@H](O)[C@H](NC(=O)OCc2ccccc2)C23OCC(C)(CO2)CO3)cc1. The second-order valence-electron chi connectivity index (χ2n) is 9.18. The van der Waals surface area contributed by atoms with E-state index in [0.29, 0.717) is 37.7 Å². The zero-order chi connectivity index (χ0) is 24.0. The molecule has 2 N–H and O–H groups in total. The summed E-state index contributed by atoms with van der Waals surface area (Å²) in [4.78, 5) is 12.7. The normalized spacial score (nSPS) is 25.4. The van der Waals surface area contributed by atoms with E-state index in [1.165, 1.54) is 0 Å². The minimum Gasteiger partial charge on any atom is -0.494 e. The van der Waals surface area contributed by atoms with Gasteiger partial charge in [-0.3, -0.25) is 0 Å². The van der Waals surface area contributed by atoms with E-state index in [9.17, 15) is 9.90 Å². The van der Waals surface area contributed by atoms with Crippen LogP contribution in [0.1, 0.15) is 43.9 Å². The van der Waals surface area contributed by atoms with Crippen LogP contribution in [0.5, 0.6) is 5.75 Å². The minimum atomic E-state index is -1.61. The van der Waals surface area contributed by atoms with Crippen molar-refractivity contribution in [3.8, 4) is 5.75 Å². The average Bonchev–Trinajstić information content (AvgIpc) is 2.87. The summed E-state index contributed by atoms with van der Waals surface area (Å²) in [6, 6.07) is 15.4. The second-order valence-corrected chi connectivity index (χ2v) is 9.18. The molecule has 3 aliphatic rings. The number of hydrogen-bond acceptors (Lipinski definition) is 7. The number of aliphatic hydroxyl groups is 1. The Morgan fingerprint density at radius 2 is 1.71 bits per heavy atom. The van der Waals surface area contributed by atoms with Crippen LogP contribution in [0.25, 0.3) is 0 Å². The molecule has 3 heterocycles. The molecule has 34 heavy (non-hydrogen) atoms. The minimum absolute atomic E-state index is 0.0902. The number of nitrogens with one attached hydrogen (secondary N) is 1. The Bertz CT molecular complexity index is 909. The largest absolute Gasteiger partial charge is 0.494 e. The summed E-state index contributed by atoms with van der Waals surface area (Å²) in [5.74, 6) is -0.900. The summed E-state index contributed by atoms with van der Waals surface area (Å²) in [5, 5.41) is 14.0. The molecule has 0 aromatic heterocycles. The van der Waals surface area contributed by atoms with Crippen molar-refractivity contribution in [1.29, 1.82) is 0 Å². The highest BCUT2D eigenvalue weighted by Gasteiger charge is 2.57. The molecule has 0 spiro atoms. The van der Waals surface area contributed by atoms with Gasteiger partial charge in [-0.2, -0.15) is 0 Å². The Kier molecular flexibility index (Phi) is 7.73. The monoisotopic (exact) mass is 471 g/mol. The number of carbonyl (C=O) groups excluding carboxylic acids is 1. The molecule has 2 aromatic rings. The highest BCUT2D eigenvalue weighted by Crippen LogP contribution is 2.42. The first-order valence-corrected chi connectivity index (χ1v) is 11.7. The van der Waals surface area contributed by atoms with Crippen LogP contribution in [0, 0.1) is 5.41 Å². The molecule has 3 fully saturated rings. The van der Waals surface area contributed by atoms with Crippen molar-refractivity contribution in [3.05, 3.63) is 65.7 Å². The van der Waals surface area contributed by atoms with Crippen molar-refractivity contribution >= 4 is 6.09 Å². The Balaban J connectivity index is 1.48. The van der Waals surface area contributed by atoms with Crippen LogP contribution in [-0.4, -0.2) is 49.6 Å². The van der Waals surface area contributed by atoms with Crippen LogP contribution in [0.2, 0.25) is 0 Å². The third kappa shape index (κ3) is 5.70. The Morgan fingerprint density at radius 1 is 1.06 bits per heavy atom. The van der Waals surface area contributed by atoms with Crippen LogP contribution in [0.4, 0.5) is 4.79 Å². The lowest BCUT2D eigenvalue weighted by molar-refractivity contribution is -0.478. The first-order chi connectivity index (χ1) is 16.4. The quantitative estimate of drug-likeness (QED) is 0.507. The molecule has 1 amide bonds. The van der Waals surface area contributed by atoms with E-state index in [4.69, 9.17) is 23.7 Å². The summed E-state index contributed by atoms with van der Waals surface area (Å²) in [5.41, 5.74) is 1.14. The smallest absolute Gasteiger partial charge is 0.408 e. The lowest BCUT2D eigenvalue weighted by Crippen LogP contribution is -2.68. The molecule has 5 rings (SSSR count). The number of carbonyl (C=O) groups is 1. The number of alkyl carbamates (subject to hydrolysis) is 1. The van der Waals surface area contributed by atoms with Crippen molar-refractivity contribution in [1.82, 2.24) is 5.32 Å². The van der Waals surface area contributed by atoms with Crippen LogP contribution >= 0.6 is 0 Å². The van der Waals surface area contributed by atoms with Crippen LogP contribution < -0.4 is 10.1 Å². The van der Waals surface area contributed by atoms with Gasteiger partial charge in [-0.15, -0.1) is 0 Å². The standard InChI is InChI=1S/C26H33NO7/c1-3-4-14-30-21-12-10-20(11-13-21)22(28)23(26-32-16-25(2,17-33-26)18-34-26)27-24(29)31-15-19-8-6-5-7-9-19/h5-13,22-23,28H,3-4,14-18H2,1-2H3,(H,27,29)/t22-,23+,25?,26?/m1/s1. The summed E-state index contributed by atoms with van der Waals surface area (Å²) in [6.45, 7) is 6.00. The fourth-order valence-electron chi connectivity index (χ4n) is 3.88. The van der Waals surface area contributed by atoms with Crippen molar-refractivity contribution in [3.63, 3.8) is 0 Å². The number of ether oxygens (including phenoxy) is 5. The van der Waals surface area contributed by atoms with Crippen molar-refractivity contribution in [2.45, 2.75) is 51.4 Å². The van der Waals surface area contributed by atoms with Gasteiger partial charge in [0.2, 0.25) is 0 Å². The number of rotatable bonds is 10. The van der Waals surface area contributed by atoms with Gasteiger partial charge in [-0.25, -0.2) is 4.79 Å². The van der Waals surface area contributed by atoms with E-state index < -0.39 is 24.2 Å². The Hall–Kier alpha value is -2.65. The lowest BCUT2D eigenvalue weighted by Gasteiger charge is -2.53. The van der Waals surface area contributed by atoms with Gasteiger partial charge < -0.3 is 34.1 Å². The highest BCUT2D eigenvalue weighted by atomic mass is 16.9. The molecule has 0 radical (unpaired) electrons.